The van der Waals surface area contributed by atoms with Crippen LogP contribution in [0, 0.1) is 11.8 Å². The molecule has 0 saturated carbocycles. The molecule has 0 amide bonds. The van der Waals surface area contributed by atoms with Crippen LogP contribution in [-0.2, 0) is 11.3 Å². The summed E-state index contributed by atoms with van der Waals surface area (Å²) in [6.07, 6.45) is 4.25. The number of ether oxygens (including phenoxy) is 1. The minimum absolute atomic E-state index is 0.683. The molecule has 0 aliphatic carbocycles. The molecule has 1 saturated heterocycles. The van der Waals surface area contributed by atoms with E-state index in [1.807, 2.05) is 6.20 Å². The van der Waals surface area contributed by atoms with Crippen LogP contribution in [0.15, 0.2) is 18.3 Å². The standard InChI is InChI=1S/C17H29N3O/c1-14(2)11-18-12-16-4-7-19-17(10-16)20(3)13-15-5-8-21-9-6-15/h4,7,10,14-15,18H,5-6,8-9,11-13H2,1-3H3. The minimum Gasteiger partial charge on any atom is -0.381 e. The Morgan fingerprint density at radius 3 is 2.86 bits per heavy atom. The number of pyridine rings is 1. The van der Waals surface area contributed by atoms with Crippen LogP contribution in [0.5, 0.6) is 0 Å². The Morgan fingerprint density at radius 1 is 1.38 bits per heavy atom. The summed E-state index contributed by atoms with van der Waals surface area (Å²) in [6.45, 7) is 9.31. The van der Waals surface area contributed by atoms with Crippen molar-refractivity contribution >= 4 is 5.82 Å². The Balaban J connectivity index is 1.86. The Morgan fingerprint density at radius 2 is 2.14 bits per heavy atom. The molecule has 0 atom stereocenters. The Hall–Kier alpha value is -1.13. The van der Waals surface area contributed by atoms with E-state index in [0.717, 1.165) is 44.6 Å². The second-order valence-electron chi connectivity index (χ2n) is 6.48. The molecule has 0 unspecified atom stereocenters. The normalized spacial score (nSPS) is 16.4. The van der Waals surface area contributed by atoms with Gasteiger partial charge in [-0.15, -0.1) is 0 Å². The van der Waals surface area contributed by atoms with Gasteiger partial charge in [-0.25, -0.2) is 4.98 Å². The number of hydrogen-bond acceptors (Lipinski definition) is 4. The molecule has 118 valence electrons. The van der Waals surface area contributed by atoms with Crippen LogP contribution in [0.1, 0.15) is 32.3 Å². The average Bonchev–Trinajstić information content (AvgIpc) is 2.48. The van der Waals surface area contributed by atoms with Crippen LogP contribution < -0.4 is 10.2 Å². The highest BCUT2D eigenvalue weighted by atomic mass is 16.5. The number of anilines is 1. The monoisotopic (exact) mass is 291 g/mol. The van der Waals surface area contributed by atoms with Gasteiger partial charge in [0.25, 0.3) is 0 Å². The first kappa shape index (κ1) is 16.2. The van der Waals surface area contributed by atoms with Gasteiger partial charge in [0, 0.05) is 39.5 Å². The van der Waals surface area contributed by atoms with E-state index in [-0.39, 0.29) is 0 Å². The number of aromatic nitrogens is 1. The van der Waals surface area contributed by atoms with E-state index in [4.69, 9.17) is 4.74 Å². The predicted molar refractivity (Wildman–Crippen MR) is 87.6 cm³/mol. The van der Waals surface area contributed by atoms with Gasteiger partial charge in [0.15, 0.2) is 0 Å². The fourth-order valence-electron chi connectivity index (χ4n) is 2.69. The summed E-state index contributed by atoms with van der Waals surface area (Å²) in [4.78, 5) is 6.79. The van der Waals surface area contributed by atoms with Crippen molar-refractivity contribution in [3.05, 3.63) is 23.9 Å². The van der Waals surface area contributed by atoms with Crippen LogP contribution in [0.4, 0.5) is 5.82 Å². The zero-order chi connectivity index (χ0) is 15.1. The highest BCUT2D eigenvalue weighted by Gasteiger charge is 2.16. The molecular formula is C17H29N3O. The van der Waals surface area contributed by atoms with Gasteiger partial charge in [-0.3, -0.25) is 0 Å². The molecule has 4 nitrogen and oxygen atoms in total. The van der Waals surface area contributed by atoms with Gasteiger partial charge >= 0.3 is 0 Å². The Labute approximate surface area is 128 Å². The quantitative estimate of drug-likeness (QED) is 0.838. The lowest BCUT2D eigenvalue weighted by atomic mass is 10.00. The van der Waals surface area contributed by atoms with Crippen molar-refractivity contribution in [1.29, 1.82) is 0 Å². The molecule has 21 heavy (non-hydrogen) atoms. The first-order chi connectivity index (χ1) is 10.1. The Kier molecular flexibility index (Phi) is 6.46. The van der Waals surface area contributed by atoms with Crippen molar-refractivity contribution in [2.45, 2.75) is 33.2 Å². The summed E-state index contributed by atoms with van der Waals surface area (Å²) in [5.74, 6) is 2.49. The summed E-state index contributed by atoms with van der Waals surface area (Å²) in [5, 5.41) is 3.49. The molecule has 1 N–H and O–H groups in total. The fourth-order valence-corrected chi connectivity index (χ4v) is 2.69. The zero-order valence-electron chi connectivity index (χ0n) is 13.6. The molecule has 1 fully saturated rings. The van der Waals surface area contributed by atoms with Crippen molar-refractivity contribution in [2.75, 3.05) is 38.3 Å². The third-order valence-corrected chi connectivity index (χ3v) is 3.96. The molecule has 1 aromatic heterocycles. The maximum absolute atomic E-state index is 5.43. The van der Waals surface area contributed by atoms with E-state index in [1.54, 1.807) is 0 Å². The topological polar surface area (TPSA) is 37.4 Å². The zero-order valence-corrected chi connectivity index (χ0v) is 13.6. The van der Waals surface area contributed by atoms with Crippen molar-refractivity contribution in [2.24, 2.45) is 11.8 Å². The molecule has 4 heteroatoms. The van der Waals surface area contributed by atoms with E-state index < -0.39 is 0 Å². The van der Waals surface area contributed by atoms with Gasteiger partial charge in [0.1, 0.15) is 5.82 Å². The maximum Gasteiger partial charge on any atom is 0.128 e. The maximum atomic E-state index is 5.43. The molecule has 1 aromatic rings. The van der Waals surface area contributed by atoms with Gasteiger partial charge in [0.2, 0.25) is 0 Å². The molecule has 1 aliphatic heterocycles. The number of rotatable bonds is 7. The van der Waals surface area contributed by atoms with Gasteiger partial charge in [0.05, 0.1) is 0 Å². The first-order valence-electron chi connectivity index (χ1n) is 8.09. The lowest BCUT2D eigenvalue weighted by molar-refractivity contribution is 0.0685. The first-order valence-corrected chi connectivity index (χ1v) is 8.09. The second kappa shape index (κ2) is 8.35. The van der Waals surface area contributed by atoms with Crippen LogP contribution in [0.3, 0.4) is 0 Å². The van der Waals surface area contributed by atoms with Crippen molar-refractivity contribution in [1.82, 2.24) is 10.3 Å². The van der Waals surface area contributed by atoms with Crippen molar-refractivity contribution in [3.63, 3.8) is 0 Å². The third-order valence-electron chi connectivity index (χ3n) is 3.96. The predicted octanol–water partition coefficient (Wildman–Crippen LogP) is 2.69. The van der Waals surface area contributed by atoms with Crippen LogP contribution >= 0.6 is 0 Å². The van der Waals surface area contributed by atoms with Crippen molar-refractivity contribution < 1.29 is 4.74 Å². The molecule has 0 bridgehead atoms. The summed E-state index contributed by atoms with van der Waals surface area (Å²) < 4.78 is 5.43. The number of nitrogens with zero attached hydrogens (tertiary/aromatic N) is 2. The van der Waals surface area contributed by atoms with E-state index in [0.29, 0.717) is 5.92 Å². The van der Waals surface area contributed by atoms with E-state index in [1.165, 1.54) is 18.4 Å². The van der Waals surface area contributed by atoms with E-state index in [9.17, 15) is 0 Å². The van der Waals surface area contributed by atoms with Crippen molar-refractivity contribution in [3.8, 4) is 0 Å². The number of nitrogens with one attached hydrogen (secondary N) is 1. The van der Waals surface area contributed by atoms with Gasteiger partial charge < -0.3 is 15.0 Å². The summed E-state index contributed by atoms with van der Waals surface area (Å²) in [6, 6.07) is 4.30. The lowest BCUT2D eigenvalue weighted by Gasteiger charge is -2.28. The fraction of sp³-hybridized carbons (Fsp3) is 0.706. The SMILES string of the molecule is CC(C)CNCc1ccnc(N(C)CC2CCOCC2)c1. The van der Waals surface area contributed by atoms with E-state index >= 15 is 0 Å². The van der Waals surface area contributed by atoms with E-state index in [2.05, 4.69) is 48.2 Å². The van der Waals surface area contributed by atoms with Gasteiger partial charge in [-0.1, -0.05) is 13.8 Å². The minimum atomic E-state index is 0.683. The average molecular weight is 291 g/mol. The third kappa shape index (κ3) is 5.64. The number of hydrogen-bond donors (Lipinski definition) is 1. The summed E-state index contributed by atoms with van der Waals surface area (Å²) in [7, 11) is 2.14. The highest BCUT2D eigenvalue weighted by molar-refractivity contribution is 5.40. The molecule has 0 spiro atoms. The largest absolute Gasteiger partial charge is 0.381 e. The summed E-state index contributed by atoms with van der Waals surface area (Å²) >= 11 is 0. The van der Waals surface area contributed by atoms with Gasteiger partial charge in [-0.05, 0) is 48.9 Å². The lowest BCUT2D eigenvalue weighted by Crippen LogP contribution is -2.30. The van der Waals surface area contributed by atoms with Gasteiger partial charge in [-0.2, -0.15) is 0 Å². The molecular weight excluding hydrogens is 262 g/mol. The molecule has 2 rings (SSSR count). The molecule has 0 radical (unpaired) electrons. The Bertz CT molecular complexity index is 416. The van der Waals surface area contributed by atoms with Crippen LogP contribution in [0.2, 0.25) is 0 Å². The van der Waals surface area contributed by atoms with Crippen LogP contribution in [-0.4, -0.2) is 38.3 Å². The smallest absolute Gasteiger partial charge is 0.128 e. The molecule has 0 aromatic carbocycles. The van der Waals surface area contributed by atoms with Crippen LogP contribution in [0.25, 0.3) is 0 Å². The second-order valence-corrected chi connectivity index (χ2v) is 6.48. The molecule has 2 heterocycles. The molecule has 1 aliphatic rings. The summed E-state index contributed by atoms with van der Waals surface area (Å²) in [5.41, 5.74) is 1.31. The highest BCUT2D eigenvalue weighted by Crippen LogP contribution is 2.19.